The Kier molecular flexibility index (Phi) is 2.85. The van der Waals surface area contributed by atoms with Gasteiger partial charge in [0.25, 0.3) is 0 Å². The largest absolute Gasteiger partial charge is 0.466 e. The molecule has 65 valence electrons. The molecule has 0 saturated heterocycles. The fraction of sp³-hybridized carbons (Fsp3) is 0.500. The third-order valence-corrected chi connectivity index (χ3v) is 1.31. The summed E-state index contributed by atoms with van der Waals surface area (Å²) in [5.74, 6) is -0.264. The van der Waals surface area contributed by atoms with Crippen LogP contribution < -0.4 is 0 Å². The van der Waals surface area contributed by atoms with Crippen LogP contribution in [0.3, 0.4) is 0 Å². The number of H-pyrrole nitrogens is 1. The van der Waals surface area contributed by atoms with Crippen LogP contribution in [0.25, 0.3) is 0 Å². The molecule has 1 heterocycles. The number of nitrogens with one attached hydrogen (secondary N) is 1. The maximum absolute atomic E-state index is 10.9. The van der Waals surface area contributed by atoms with Gasteiger partial charge in [0.15, 0.2) is 0 Å². The molecule has 4 nitrogen and oxygen atoms in total. The van der Waals surface area contributed by atoms with E-state index in [9.17, 15) is 4.79 Å². The van der Waals surface area contributed by atoms with Crippen molar-refractivity contribution in [1.29, 1.82) is 0 Å². The Morgan fingerprint density at radius 2 is 2.50 bits per heavy atom. The van der Waals surface area contributed by atoms with Crippen LogP contribution in [-0.2, 0) is 16.0 Å². The van der Waals surface area contributed by atoms with Crippen molar-refractivity contribution >= 4 is 5.97 Å². The van der Waals surface area contributed by atoms with Crippen LogP contribution in [0.1, 0.15) is 18.3 Å². The molecule has 0 fully saturated rings. The highest BCUT2D eigenvalue weighted by Crippen LogP contribution is 1.98. The first-order valence-corrected chi connectivity index (χ1v) is 3.81. The van der Waals surface area contributed by atoms with E-state index in [1.54, 1.807) is 6.92 Å². The minimum Gasteiger partial charge on any atom is -0.466 e. The quantitative estimate of drug-likeness (QED) is 0.671. The number of esters is 1. The number of carbonyl (C=O) groups is 1. The highest BCUT2D eigenvalue weighted by molar-refractivity contribution is 5.71. The lowest BCUT2D eigenvalue weighted by molar-refractivity contribution is -0.142. The van der Waals surface area contributed by atoms with Crippen LogP contribution >= 0.6 is 0 Å². The van der Waals surface area contributed by atoms with E-state index in [4.69, 9.17) is 4.74 Å². The molecule has 0 atom stereocenters. The molecule has 0 aliphatic heterocycles. The first-order chi connectivity index (χ1) is 5.72. The van der Waals surface area contributed by atoms with E-state index >= 15 is 0 Å². The Hall–Kier alpha value is -1.32. The lowest BCUT2D eigenvalue weighted by Crippen LogP contribution is -2.07. The Morgan fingerprint density at radius 1 is 1.75 bits per heavy atom. The number of aromatic nitrogens is 2. The van der Waals surface area contributed by atoms with Crippen molar-refractivity contribution < 1.29 is 9.53 Å². The standard InChI is InChI=1S/C8H11N2O2/c1-3-12-8(11)5-7-4-6(2)9-10-7/h3,5H2,1-2H3,(H,9,10). The van der Waals surface area contributed by atoms with Crippen molar-refractivity contribution in [2.75, 3.05) is 6.61 Å². The van der Waals surface area contributed by atoms with Gasteiger partial charge in [0.1, 0.15) is 0 Å². The van der Waals surface area contributed by atoms with Crippen LogP contribution in [0, 0.1) is 13.0 Å². The highest BCUT2D eigenvalue weighted by atomic mass is 16.5. The van der Waals surface area contributed by atoms with E-state index in [0.29, 0.717) is 12.3 Å². The molecule has 12 heavy (non-hydrogen) atoms. The summed E-state index contributed by atoms with van der Waals surface area (Å²) in [6, 6.07) is 2.90. The molecule has 0 aliphatic rings. The van der Waals surface area contributed by atoms with Crippen LogP contribution in [0.15, 0.2) is 0 Å². The van der Waals surface area contributed by atoms with Gasteiger partial charge in [-0.15, -0.1) is 0 Å². The molecular weight excluding hydrogens is 156 g/mol. The van der Waals surface area contributed by atoms with E-state index in [-0.39, 0.29) is 12.4 Å². The number of carbonyl (C=O) groups excluding carboxylic acids is 1. The predicted molar refractivity (Wildman–Crippen MR) is 42.5 cm³/mol. The Morgan fingerprint density at radius 3 is 3.00 bits per heavy atom. The Labute approximate surface area is 70.9 Å². The number of hydrogen-bond acceptors (Lipinski definition) is 3. The van der Waals surface area contributed by atoms with Gasteiger partial charge in [-0.05, 0) is 13.8 Å². The molecule has 0 bridgehead atoms. The van der Waals surface area contributed by atoms with Gasteiger partial charge >= 0.3 is 5.97 Å². The van der Waals surface area contributed by atoms with Gasteiger partial charge in [0.2, 0.25) is 0 Å². The monoisotopic (exact) mass is 167 g/mol. The fourth-order valence-electron chi connectivity index (χ4n) is 0.856. The number of nitrogens with zero attached hydrogens (tertiary/aromatic N) is 1. The maximum Gasteiger partial charge on any atom is 0.311 e. The summed E-state index contributed by atoms with van der Waals surface area (Å²) >= 11 is 0. The lowest BCUT2D eigenvalue weighted by atomic mass is 10.3. The average molecular weight is 167 g/mol. The third-order valence-electron chi connectivity index (χ3n) is 1.31. The summed E-state index contributed by atoms with van der Waals surface area (Å²) in [7, 11) is 0. The number of rotatable bonds is 3. The van der Waals surface area contributed by atoms with Crippen molar-refractivity contribution in [3.8, 4) is 0 Å². The van der Waals surface area contributed by atoms with Crippen molar-refractivity contribution in [1.82, 2.24) is 10.2 Å². The van der Waals surface area contributed by atoms with E-state index in [0.717, 1.165) is 5.69 Å². The number of ether oxygens (including phenoxy) is 1. The minimum absolute atomic E-state index is 0.193. The Balaban J connectivity index is 2.46. The zero-order valence-electron chi connectivity index (χ0n) is 7.18. The van der Waals surface area contributed by atoms with E-state index in [1.807, 2.05) is 6.92 Å². The molecule has 1 aromatic rings. The summed E-state index contributed by atoms with van der Waals surface area (Å²) in [6.45, 7) is 4.02. The summed E-state index contributed by atoms with van der Waals surface area (Å²) < 4.78 is 4.74. The molecule has 1 rings (SSSR count). The first kappa shape index (κ1) is 8.77. The number of aromatic amines is 1. The van der Waals surface area contributed by atoms with Gasteiger partial charge in [-0.2, -0.15) is 5.10 Å². The van der Waals surface area contributed by atoms with Gasteiger partial charge in [0.05, 0.1) is 18.7 Å². The van der Waals surface area contributed by atoms with Gasteiger partial charge in [0, 0.05) is 11.8 Å². The van der Waals surface area contributed by atoms with E-state index in [1.165, 1.54) is 0 Å². The molecule has 0 saturated carbocycles. The zero-order chi connectivity index (χ0) is 8.97. The van der Waals surface area contributed by atoms with Gasteiger partial charge < -0.3 is 4.74 Å². The molecule has 0 amide bonds. The van der Waals surface area contributed by atoms with E-state index < -0.39 is 0 Å². The first-order valence-electron chi connectivity index (χ1n) is 3.81. The molecule has 0 spiro atoms. The van der Waals surface area contributed by atoms with Crippen LogP contribution in [0.5, 0.6) is 0 Å². The molecule has 0 aromatic carbocycles. The van der Waals surface area contributed by atoms with Gasteiger partial charge in [-0.1, -0.05) is 0 Å². The Bertz CT molecular complexity index is 268. The van der Waals surface area contributed by atoms with Crippen LogP contribution in [0.2, 0.25) is 0 Å². The number of aryl methyl sites for hydroxylation is 1. The summed E-state index contributed by atoms with van der Waals surface area (Å²) in [5.41, 5.74) is 1.43. The maximum atomic E-state index is 10.9. The minimum atomic E-state index is -0.264. The molecule has 1 radical (unpaired) electrons. The lowest BCUT2D eigenvalue weighted by Gasteiger charge is -1.96. The van der Waals surface area contributed by atoms with Crippen molar-refractivity contribution in [3.63, 3.8) is 0 Å². The fourth-order valence-corrected chi connectivity index (χ4v) is 0.856. The molecular formula is C8H11N2O2. The predicted octanol–water partition coefficient (Wildman–Crippen LogP) is 0.624. The molecule has 1 N–H and O–H groups in total. The van der Waals surface area contributed by atoms with Crippen LogP contribution in [-0.4, -0.2) is 22.8 Å². The van der Waals surface area contributed by atoms with Crippen molar-refractivity contribution in [2.45, 2.75) is 20.3 Å². The molecule has 0 unspecified atom stereocenters. The number of hydrogen-bond donors (Lipinski definition) is 1. The second-order valence-corrected chi connectivity index (χ2v) is 2.40. The highest BCUT2D eigenvalue weighted by Gasteiger charge is 2.06. The normalized spacial score (nSPS) is 9.83. The molecule has 0 aliphatic carbocycles. The SMILES string of the molecule is CCOC(=O)Cc1[c]c(C)[nH]n1. The molecule has 1 aromatic heterocycles. The topological polar surface area (TPSA) is 55.0 Å². The summed E-state index contributed by atoms with van der Waals surface area (Å²) in [6.07, 6.45) is 0.193. The smallest absolute Gasteiger partial charge is 0.311 e. The van der Waals surface area contributed by atoms with Gasteiger partial charge in [-0.25, -0.2) is 0 Å². The van der Waals surface area contributed by atoms with Crippen LogP contribution in [0.4, 0.5) is 0 Å². The second kappa shape index (κ2) is 3.90. The summed E-state index contributed by atoms with van der Waals surface area (Å²) in [5, 5.41) is 6.56. The molecule has 4 heteroatoms. The average Bonchev–Trinajstić information content (AvgIpc) is 2.36. The summed E-state index contributed by atoms with van der Waals surface area (Å²) in [4.78, 5) is 10.9. The van der Waals surface area contributed by atoms with Crippen molar-refractivity contribution in [3.05, 3.63) is 17.5 Å². The third kappa shape index (κ3) is 2.38. The zero-order valence-corrected chi connectivity index (χ0v) is 7.18. The van der Waals surface area contributed by atoms with E-state index in [2.05, 4.69) is 16.3 Å². The van der Waals surface area contributed by atoms with Crippen molar-refractivity contribution in [2.24, 2.45) is 0 Å². The van der Waals surface area contributed by atoms with Gasteiger partial charge in [-0.3, -0.25) is 9.89 Å². The second-order valence-electron chi connectivity index (χ2n) is 2.40.